The number of thiazole rings is 1. The largest absolute Gasteiger partial charge is 0.297 e. The summed E-state index contributed by atoms with van der Waals surface area (Å²) in [6, 6.07) is 5.92. The molecule has 0 amide bonds. The van der Waals surface area contributed by atoms with Crippen LogP contribution in [0.15, 0.2) is 29.6 Å². The minimum absolute atomic E-state index is 0.145. The van der Waals surface area contributed by atoms with Crippen LogP contribution in [0.1, 0.15) is 39.9 Å². The first-order valence-electron chi connectivity index (χ1n) is 6.61. The number of carbonyl (C=O) groups is 1. The second-order valence-corrected chi connectivity index (χ2v) is 5.94. The SMILES string of the molecule is CN1CCCC1c1nc(C(=O)c2ccc(F)cc2)cs1. The summed E-state index contributed by atoms with van der Waals surface area (Å²) < 4.78 is 12.9. The van der Waals surface area contributed by atoms with E-state index in [1.54, 1.807) is 5.38 Å². The van der Waals surface area contributed by atoms with Gasteiger partial charge in [0.15, 0.2) is 0 Å². The van der Waals surface area contributed by atoms with Gasteiger partial charge in [-0.1, -0.05) is 0 Å². The van der Waals surface area contributed by atoms with Crippen molar-refractivity contribution < 1.29 is 9.18 Å². The predicted octanol–water partition coefficient (Wildman–Crippen LogP) is 3.28. The standard InChI is InChI=1S/C15H15FN2OS/c1-18-8-2-3-13(18)15-17-12(9-20-15)14(19)10-4-6-11(16)7-5-10/h4-7,9,13H,2-3,8H2,1H3. The summed E-state index contributed by atoms with van der Waals surface area (Å²) in [5.74, 6) is -0.485. The zero-order valence-electron chi connectivity index (χ0n) is 11.2. The first kappa shape index (κ1) is 13.4. The summed E-state index contributed by atoms with van der Waals surface area (Å²) in [4.78, 5) is 19.0. The molecular weight excluding hydrogens is 275 g/mol. The number of nitrogens with zero attached hydrogens (tertiary/aromatic N) is 2. The second-order valence-electron chi connectivity index (χ2n) is 5.05. The number of ketones is 1. The molecule has 1 atom stereocenters. The third kappa shape index (κ3) is 2.51. The lowest BCUT2D eigenvalue weighted by Crippen LogP contribution is -2.17. The third-order valence-electron chi connectivity index (χ3n) is 3.67. The number of benzene rings is 1. The van der Waals surface area contributed by atoms with Gasteiger partial charge in [-0.15, -0.1) is 11.3 Å². The lowest BCUT2D eigenvalue weighted by Gasteiger charge is -2.16. The minimum atomic E-state index is -0.340. The molecule has 0 spiro atoms. The van der Waals surface area contributed by atoms with Gasteiger partial charge in [0.1, 0.15) is 16.5 Å². The summed E-state index contributed by atoms with van der Waals surface area (Å²) in [6.45, 7) is 1.07. The molecule has 0 aliphatic carbocycles. The minimum Gasteiger partial charge on any atom is -0.297 e. The van der Waals surface area contributed by atoms with E-state index in [1.165, 1.54) is 42.0 Å². The van der Waals surface area contributed by atoms with Crippen molar-refractivity contribution in [1.29, 1.82) is 0 Å². The second kappa shape index (κ2) is 5.42. The molecule has 0 N–H and O–H groups in total. The van der Waals surface area contributed by atoms with Crippen molar-refractivity contribution in [2.45, 2.75) is 18.9 Å². The Morgan fingerprint density at radius 1 is 1.40 bits per heavy atom. The molecule has 104 valence electrons. The molecule has 1 saturated heterocycles. The number of rotatable bonds is 3. The van der Waals surface area contributed by atoms with Gasteiger partial charge in [0.2, 0.25) is 5.78 Å². The van der Waals surface area contributed by atoms with Crippen molar-refractivity contribution in [3.05, 3.63) is 51.7 Å². The van der Waals surface area contributed by atoms with Gasteiger partial charge in [-0.05, 0) is 50.7 Å². The smallest absolute Gasteiger partial charge is 0.212 e. The maximum atomic E-state index is 12.9. The fourth-order valence-electron chi connectivity index (χ4n) is 2.52. The van der Waals surface area contributed by atoms with E-state index in [2.05, 4.69) is 16.9 Å². The summed E-state index contributed by atoms with van der Waals surface area (Å²) in [5, 5.41) is 2.79. The number of carbonyl (C=O) groups excluding carboxylic acids is 1. The first-order chi connectivity index (χ1) is 9.65. The lowest BCUT2D eigenvalue weighted by molar-refractivity contribution is 0.103. The van der Waals surface area contributed by atoms with E-state index in [1.807, 2.05) is 0 Å². The zero-order chi connectivity index (χ0) is 14.1. The van der Waals surface area contributed by atoms with Crippen LogP contribution in [0.4, 0.5) is 4.39 Å². The average molecular weight is 290 g/mol. The van der Waals surface area contributed by atoms with Crippen LogP contribution in [0.25, 0.3) is 0 Å². The van der Waals surface area contributed by atoms with Crippen LogP contribution in [-0.2, 0) is 0 Å². The number of aromatic nitrogens is 1. The van der Waals surface area contributed by atoms with E-state index >= 15 is 0 Å². The van der Waals surface area contributed by atoms with Gasteiger partial charge in [-0.3, -0.25) is 9.69 Å². The highest BCUT2D eigenvalue weighted by atomic mass is 32.1. The molecule has 1 aliphatic heterocycles. The fraction of sp³-hybridized carbons (Fsp3) is 0.333. The molecule has 1 fully saturated rings. The van der Waals surface area contributed by atoms with Crippen molar-refractivity contribution in [3.8, 4) is 0 Å². The average Bonchev–Trinajstić information content (AvgIpc) is 3.07. The molecule has 5 heteroatoms. The van der Waals surface area contributed by atoms with Crippen LogP contribution in [0, 0.1) is 5.82 Å². The van der Waals surface area contributed by atoms with Crippen molar-refractivity contribution in [2.24, 2.45) is 0 Å². The Bertz CT molecular complexity index is 623. The highest BCUT2D eigenvalue weighted by Gasteiger charge is 2.26. The Labute approximate surface area is 121 Å². The Balaban J connectivity index is 1.82. The Hall–Kier alpha value is -1.59. The molecule has 2 aromatic rings. The zero-order valence-corrected chi connectivity index (χ0v) is 12.0. The molecule has 0 saturated carbocycles. The van der Waals surface area contributed by atoms with E-state index in [0.29, 0.717) is 17.3 Å². The van der Waals surface area contributed by atoms with Gasteiger partial charge in [0.25, 0.3) is 0 Å². The first-order valence-corrected chi connectivity index (χ1v) is 7.49. The van der Waals surface area contributed by atoms with Gasteiger partial charge >= 0.3 is 0 Å². The van der Waals surface area contributed by atoms with E-state index in [0.717, 1.165) is 18.0 Å². The third-order valence-corrected chi connectivity index (χ3v) is 4.61. The maximum Gasteiger partial charge on any atom is 0.212 e. The van der Waals surface area contributed by atoms with Crippen LogP contribution >= 0.6 is 11.3 Å². The maximum absolute atomic E-state index is 12.9. The van der Waals surface area contributed by atoms with Gasteiger partial charge in [0.05, 0.1) is 6.04 Å². The van der Waals surface area contributed by atoms with E-state index < -0.39 is 0 Å². The normalized spacial score (nSPS) is 19.4. The van der Waals surface area contributed by atoms with Crippen LogP contribution in [0.5, 0.6) is 0 Å². The Kier molecular flexibility index (Phi) is 3.63. The highest BCUT2D eigenvalue weighted by molar-refractivity contribution is 7.10. The van der Waals surface area contributed by atoms with Crippen LogP contribution < -0.4 is 0 Å². The van der Waals surface area contributed by atoms with E-state index in [4.69, 9.17) is 0 Å². The van der Waals surface area contributed by atoms with Gasteiger partial charge in [0, 0.05) is 10.9 Å². The summed E-state index contributed by atoms with van der Waals surface area (Å²) in [7, 11) is 2.08. The molecule has 1 aromatic carbocycles. The Morgan fingerprint density at radius 2 is 2.15 bits per heavy atom. The number of hydrogen-bond donors (Lipinski definition) is 0. The van der Waals surface area contributed by atoms with Crippen molar-refractivity contribution in [2.75, 3.05) is 13.6 Å². The van der Waals surface area contributed by atoms with Crippen molar-refractivity contribution >= 4 is 17.1 Å². The van der Waals surface area contributed by atoms with E-state index in [9.17, 15) is 9.18 Å². The van der Waals surface area contributed by atoms with Crippen LogP contribution in [0.3, 0.4) is 0 Å². The topological polar surface area (TPSA) is 33.2 Å². The molecule has 1 aromatic heterocycles. The molecular formula is C15H15FN2OS. The monoisotopic (exact) mass is 290 g/mol. The molecule has 3 nitrogen and oxygen atoms in total. The summed E-state index contributed by atoms with van der Waals surface area (Å²) in [6.07, 6.45) is 2.26. The molecule has 20 heavy (non-hydrogen) atoms. The van der Waals surface area contributed by atoms with Crippen molar-refractivity contribution in [3.63, 3.8) is 0 Å². The van der Waals surface area contributed by atoms with Gasteiger partial charge in [-0.25, -0.2) is 9.37 Å². The Morgan fingerprint density at radius 3 is 2.80 bits per heavy atom. The number of halogens is 1. The van der Waals surface area contributed by atoms with Crippen molar-refractivity contribution in [1.82, 2.24) is 9.88 Å². The molecule has 3 rings (SSSR count). The molecule has 0 bridgehead atoms. The molecule has 0 radical (unpaired) electrons. The van der Waals surface area contributed by atoms with Gasteiger partial charge in [-0.2, -0.15) is 0 Å². The fourth-order valence-corrected chi connectivity index (χ4v) is 3.51. The summed E-state index contributed by atoms with van der Waals surface area (Å²) >= 11 is 1.53. The molecule has 1 aliphatic rings. The van der Waals surface area contributed by atoms with E-state index in [-0.39, 0.29) is 11.6 Å². The quantitative estimate of drug-likeness (QED) is 0.813. The predicted molar refractivity (Wildman–Crippen MR) is 76.6 cm³/mol. The molecule has 2 heterocycles. The highest BCUT2D eigenvalue weighted by Crippen LogP contribution is 2.32. The number of hydrogen-bond acceptors (Lipinski definition) is 4. The summed E-state index contributed by atoms with van der Waals surface area (Å²) in [5.41, 5.74) is 0.930. The van der Waals surface area contributed by atoms with Gasteiger partial charge < -0.3 is 0 Å². The number of likely N-dealkylation sites (tertiary alicyclic amines) is 1. The van der Waals surface area contributed by atoms with Crippen LogP contribution in [0.2, 0.25) is 0 Å². The lowest BCUT2D eigenvalue weighted by atomic mass is 10.1. The van der Waals surface area contributed by atoms with Crippen LogP contribution in [-0.4, -0.2) is 29.3 Å². The molecule has 1 unspecified atom stereocenters.